The molecule has 1 heterocycles. The highest BCUT2D eigenvalue weighted by atomic mass is 16.5. The maximum Gasteiger partial charge on any atom is 0.138 e. The molecule has 1 aliphatic carbocycles. The molecule has 1 saturated carbocycles. The van der Waals surface area contributed by atoms with E-state index >= 15 is 0 Å². The average molecular weight is 220 g/mol. The second-order valence-electron chi connectivity index (χ2n) is 4.76. The van der Waals surface area contributed by atoms with Crippen molar-refractivity contribution < 1.29 is 4.74 Å². The summed E-state index contributed by atoms with van der Waals surface area (Å²) in [5.41, 5.74) is 5.80. The summed E-state index contributed by atoms with van der Waals surface area (Å²) in [6.45, 7) is 3.00. The van der Waals surface area contributed by atoms with Crippen LogP contribution in [0.25, 0.3) is 0 Å². The molecule has 0 aliphatic heterocycles. The van der Waals surface area contributed by atoms with E-state index in [4.69, 9.17) is 10.5 Å². The number of hydrogen-bond donors (Lipinski definition) is 1. The monoisotopic (exact) mass is 220 g/mol. The Labute approximate surface area is 97.0 Å². The van der Waals surface area contributed by atoms with Crippen LogP contribution >= 0.6 is 0 Å². The molecule has 0 bridgehead atoms. The van der Waals surface area contributed by atoms with Crippen molar-refractivity contribution in [3.8, 4) is 5.75 Å². The van der Waals surface area contributed by atoms with Crippen molar-refractivity contribution in [3.05, 3.63) is 24.5 Å². The van der Waals surface area contributed by atoms with Gasteiger partial charge in [0.05, 0.1) is 6.20 Å². The molecule has 0 radical (unpaired) electrons. The van der Waals surface area contributed by atoms with Gasteiger partial charge in [-0.3, -0.25) is 4.98 Å². The van der Waals surface area contributed by atoms with Gasteiger partial charge in [-0.15, -0.1) is 0 Å². The van der Waals surface area contributed by atoms with E-state index in [2.05, 4.69) is 11.9 Å². The Bertz CT molecular complexity index is 315. The Morgan fingerprint density at radius 2 is 2.38 bits per heavy atom. The Morgan fingerprint density at radius 3 is 3.06 bits per heavy atom. The van der Waals surface area contributed by atoms with Crippen molar-refractivity contribution in [2.45, 2.75) is 32.3 Å². The fourth-order valence-corrected chi connectivity index (χ4v) is 2.40. The van der Waals surface area contributed by atoms with Crippen molar-refractivity contribution in [1.82, 2.24) is 4.98 Å². The third-order valence-electron chi connectivity index (χ3n) is 3.42. The van der Waals surface area contributed by atoms with Crippen molar-refractivity contribution in [2.24, 2.45) is 17.6 Å². The highest BCUT2D eigenvalue weighted by Crippen LogP contribution is 2.31. The Kier molecular flexibility index (Phi) is 3.78. The van der Waals surface area contributed by atoms with Gasteiger partial charge in [-0.2, -0.15) is 0 Å². The maximum atomic E-state index is 5.99. The Hall–Kier alpha value is -1.09. The summed E-state index contributed by atoms with van der Waals surface area (Å²) in [6, 6.07) is 3.86. The number of ether oxygens (including phenoxy) is 1. The lowest BCUT2D eigenvalue weighted by atomic mass is 9.80. The van der Waals surface area contributed by atoms with Crippen molar-refractivity contribution in [2.75, 3.05) is 6.54 Å². The first-order valence-electron chi connectivity index (χ1n) is 6.06. The second-order valence-corrected chi connectivity index (χ2v) is 4.76. The van der Waals surface area contributed by atoms with E-state index in [1.54, 1.807) is 12.4 Å². The lowest BCUT2D eigenvalue weighted by Crippen LogP contribution is -2.37. The van der Waals surface area contributed by atoms with E-state index in [0.29, 0.717) is 5.92 Å². The first kappa shape index (κ1) is 11.4. The van der Waals surface area contributed by atoms with E-state index in [-0.39, 0.29) is 6.10 Å². The zero-order valence-electron chi connectivity index (χ0n) is 9.80. The quantitative estimate of drug-likeness (QED) is 0.849. The van der Waals surface area contributed by atoms with Crippen LogP contribution in [-0.2, 0) is 0 Å². The van der Waals surface area contributed by atoms with Crippen LogP contribution in [0.3, 0.4) is 0 Å². The first-order valence-corrected chi connectivity index (χ1v) is 6.06. The van der Waals surface area contributed by atoms with Crippen LogP contribution in [0.15, 0.2) is 24.5 Å². The lowest BCUT2D eigenvalue weighted by Gasteiger charge is -2.34. The summed E-state index contributed by atoms with van der Waals surface area (Å²) in [4.78, 5) is 4.06. The molecule has 2 rings (SSSR count). The van der Waals surface area contributed by atoms with Crippen LogP contribution in [0, 0.1) is 11.8 Å². The minimum absolute atomic E-state index is 0.262. The predicted octanol–water partition coefficient (Wildman–Crippen LogP) is 2.22. The zero-order valence-corrected chi connectivity index (χ0v) is 9.80. The molecule has 3 nitrogen and oxygen atoms in total. The molecule has 3 heteroatoms. The minimum Gasteiger partial charge on any atom is -0.488 e. The normalized spacial score (nSPS) is 30.0. The molecular weight excluding hydrogens is 200 g/mol. The molecule has 1 aromatic rings. The molecule has 88 valence electrons. The molecule has 0 saturated heterocycles. The molecule has 0 spiro atoms. The summed E-state index contributed by atoms with van der Waals surface area (Å²) >= 11 is 0. The molecule has 1 fully saturated rings. The Morgan fingerprint density at radius 1 is 1.50 bits per heavy atom. The van der Waals surface area contributed by atoms with E-state index in [0.717, 1.165) is 24.6 Å². The molecule has 1 aliphatic rings. The molecule has 16 heavy (non-hydrogen) atoms. The lowest BCUT2D eigenvalue weighted by molar-refractivity contribution is 0.0739. The highest BCUT2D eigenvalue weighted by Gasteiger charge is 2.29. The summed E-state index contributed by atoms with van der Waals surface area (Å²) in [5.74, 6) is 2.10. The standard InChI is InChI=1S/C13H20N2O/c1-10-4-5-11(8-14)13(7-10)16-12-3-2-6-15-9-12/h2-3,6,9-11,13H,4-5,7-8,14H2,1H3. The number of aromatic nitrogens is 1. The molecule has 1 aromatic heterocycles. The van der Waals surface area contributed by atoms with Gasteiger partial charge in [-0.1, -0.05) is 13.3 Å². The highest BCUT2D eigenvalue weighted by molar-refractivity contribution is 5.16. The fraction of sp³-hybridized carbons (Fsp3) is 0.615. The fourth-order valence-electron chi connectivity index (χ4n) is 2.40. The summed E-state index contributed by atoms with van der Waals surface area (Å²) in [7, 11) is 0. The van der Waals surface area contributed by atoms with Crippen LogP contribution < -0.4 is 10.5 Å². The summed E-state index contributed by atoms with van der Waals surface area (Å²) in [5, 5.41) is 0. The van der Waals surface area contributed by atoms with Gasteiger partial charge >= 0.3 is 0 Å². The van der Waals surface area contributed by atoms with Crippen LogP contribution in [0.1, 0.15) is 26.2 Å². The number of hydrogen-bond acceptors (Lipinski definition) is 3. The maximum absolute atomic E-state index is 5.99. The number of rotatable bonds is 3. The molecule has 3 atom stereocenters. The number of pyridine rings is 1. The van der Waals surface area contributed by atoms with Gasteiger partial charge < -0.3 is 10.5 Å². The minimum atomic E-state index is 0.262. The van der Waals surface area contributed by atoms with Crippen molar-refractivity contribution in [1.29, 1.82) is 0 Å². The number of nitrogens with two attached hydrogens (primary N) is 1. The van der Waals surface area contributed by atoms with Gasteiger partial charge in [0.1, 0.15) is 11.9 Å². The van der Waals surface area contributed by atoms with Gasteiger partial charge in [0.2, 0.25) is 0 Å². The Balaban J connectivity index is 2.01. The van der Waals surface area contributed by atoms with Crippen LogP contribution in [0.4, 0.5) is 0 Å². The largest absolute Gasteiger partial charge is 0.488 e. The summed E-state index contributed by atoms with van der Waals surface area (Å²) < 4.78 is 5.99. The summed E-state index contributed by atoms with van der Waals surface area (Å²) in [6.07, 6.45) is 7.36. The number of nitrogens with zero attached hydrogens (tertiary/aromatic N) is 1. The average Bonchev–Trinajstić information content (AvgIpc) is 2.31. The van der Waals surface area contributed by atoms with Gasteiger partial charge in [0.25, 0.3) is 0 Å². The van der Waals surface area contributed by atoms with E-state index in [1.807, 2.05) is 12.1 Å². The van der Waals surface area contributed by atoms with E-state index in [1.165, 1.54) is 12.8 Å². The predicted molar refractivity (Wildman–Crippen MR) is 64.2 cm³/mol. The molecule has 3 unspecified atom stereocenters. The van der Waals surface area contributed by atoms with Crippen LogP contribution in [0.5, 0.6) is 5.75 Å². The molecular formula is C13H20N2O. The molecule has 0 amide bonds. The zero-order chi connectivity index (χ0) is 11.4. The second kappa shape index (κ2) is 5.30. The van der Waals surface area contributed by atoms with Crippen LogP contribution in [-0.4, -0.2) is 17.6 Å². The van der Waals surface area contributed by atoms with Crippen LogP contribution in [0.2, 0.25) is 0 Å². The van der Waals surface area contributed by atoms with E-state index < -0.39 is 0 Å². The van der Waals surface area contributed by atoms with E-state index in [9.17, 15) is 0 Å². The third kappa shape index (κ3) is 2.73. The smallest absolute Gasteiger partial charge is 0.138 e. The topological polar surface area (TPSA) is 48.1 Å². The third-order valence-corrected chi connectivity index (χ3v) is 3.42. The van der Waals surface area contributed by atoms with Gasteiger partial charge in [0, 0.05) is 12.1 Å². The first-order chi connectivity index (χ1) is 7.79. The van der Waals surface area contributed by atoms with Gasteiger partial charge in [0.15, 0.2) is 0 Å². The van der Waals surface area contributed by atoms with Gasteiger partial charge in [-0.05, 0) is 37.4 Å². The SMILES string of the molecule is CC1CCC(CN)C(Oc2cccnc2)C1. The van der Waals surface area contributed by atoms with Crippen molar-refractivity contribution in [3.63, 3.8) is 0 Å². The molecule has 2 N–H and O–H groups in total. The molecule has 0 aromatic carbocycles. The van der Waals surface area contributed by atoms with Gasteiger partial charge in [-0.25, -0.2) is 0 Å². The van der Waals surface area contributed by atoms with Crippen molar-refractivity contribution >= 4 is 0 Å².